The average molecular weight is 493 g/mol. The summed E-state index contributed by atoms with van der Waals surface area (Å²) in [7, 11) is 4.01. The van der Waals surface area contributed by atoms with Gasteiger partial charge in [-0.1, -0.05) is 13.0 Å². The molecule has 0 aliphatic carbocycles. The van der Waals surface area contributed by atoms with Gasteiger partial charge in [-0.25, -0.2) is 0 Å². The maximum Gasteiger partial charge on any atom is 0.290 e. The molecule has 3 aromatic rings. The fourth-order valence-corrected chi connectivity index (χ4v) is 4.70. The molecular weight excluding hydrogens is 456 g/mol. The van der Waals surface area contributed by atoms with E-state index in [1.165, 1.54) is 0 Å². The van der Waals surface area contributed by atoms with E-state index < -0.39 is 6.04 Å². The van der Waals surface area contributed by atoms with E-state index >= 15 is 0 Å². The third kappa shape index (κ3) is 4.85. The molecule has 4 rings (SSSR count). The lowest BCUT2D eigenvalue weighted by Gasteiger charge is -2.26. The zero-order chi connectivity index (χ0) is 26.0. The molecule has 0 radical (unpaired) electrons. The number of hydrogen-bond acceptors (Lipinski definition) is 6. The molecule has 1 amide bonds. The molecule has 192 valence electrons. The molecule has 2 heterocycles. The molecule has 1 aromatic heterocycles. The second-order valence-corrected chi connectivity index (χ2v) is 9.65. The summed E-state index contributed by atoms with van der Waals surface area (Å²) in [6.07, 6.45) is 1.65. The summed E-state index contributed by atoms with van der Waals surface area (Å²) < 4.78 is 17.9. The number of ether oxygens (including phenoxy) is 2. The molecule has 0 saturated carbocycles. The van der Waals surface area contributed by atoms with E-state index in [0.717, 1.165) is 36.1 Å². The molecule has 0 spiro atoms. The molecule has 36 heavy (non-hydrogen) atoms. The highest BCUT2D eigenvalue weighted by Gasteiger charge is 2.42. The zero-order valence-electron chi connectivity index (χ0n) is 22.1. The predicted octanol–water partition coefficient (Wildman–Crippen LogP) is 5.09. The van der Waals surface area contributed by atoms with Crippen LogP contribution in [0, 0.1) is 13.8 Å². The number of aryl methyl sites for hydroxylation is 2. The lowest BCUT2D eigenvalue weighted by atomic mass is 9.97. The summed E-state index contributed by atoms with van der Waals surface area (Å²) >= 11 is 0. The molecule has 0 fully saturated rings. The molecule has 1 atom stereocenters. The second-order valence-electron chi connectivity index (χ2n) is 9.65. The Kier molecular flexibility index (Phi) is 7.69. The van der Waals surface area contributed by atoms with Gasteiger partial charge >= 0.3 is 0 Å². The molecule has 7 heteroatoms. The molecule has 2 aromatic carbocycles. The van der Waals surface area contributed by atoms with E-state index in [-0.39, 0.29) is 17.1 Å². The standard InChI is InChI=1S/C29H36N2O5/c1-7-14-35-22-11-10-20(17-24(22)34-8-2)26-25-27(32)21-15-18(3)19(4)16-23(21)36-28(25)29(33)31(26)13-9-12-30(5)6/h10-11,15-17,26H,7-9,12-14H2,1-6H3/t26-/m1/s1. The summed E-state index contributed by atoms with van der Waals surface area (Å²) in [6.45, 7) is 10.3. The molecule has 1 aliphatic heterocycles. The molecule has 0 unspecified atom stereocenters. The fraction of sp³-hybridized carbons (Fsp3) is 0.448. The van der Waals surface area contributed by atoms with Crippen LogP contribution in [0.4, 0.5) is 0 Å². The van der Waals surface area contributed by atoms with Crippen LogP contribution < -0.4 is 14.9 Å². The van der Waals surface area contributed by atoms with Gasteiger partial charge in [0.1, 0.15) is 5.58 Å². The Bertz CT molecular complexity index is 1330. The third-order valence-electron chi connectivity index (χ3n) is 6.63. The van der Waals surface area contributed by atoms with Crippen LogP contribution in [-0.4, -0.2) is 56.1 Å². The smallest absolute Gasteiger partial charge is 0.290 e. The second kappa shape index (κ2) is 10.7. The van der Waals surface area contributed by atoms with Gasteiger partial charge in [0.25, 0.3) is 5.91 Å². The van der Waals surface area contributed by atoms with Crippen LogP contribution in [0.1, 0.15) is 65.5 Å². The van der Waals surface area contributed by atoms with Crippen molar-refractivity contribution >= 4 is 16.9 Å². The number of hydrogen-bond donors (Lipinski definition) is 0. The normalized spacial score (nSPS) is 15.1. The van der Waals surface area contributed by atoms with E-state index in [1.807, 2.05) is 72.1 Å². The molecule has 7 nitrogen and oxygen atoms in total. The summed E-state index contributed by atoms with van der Waals surface area (Å²) in [5, 5.41) is 0.498. The van der Waals surface area contributed by atoms with Crippen molar-refractivity contribution in [1.82, 2.24) is 9.80 Å². The Morgan fingerprint density at radius 3 is 2.44 bits per heavy atom. The van der Waals surface area contributed by atoms with Crippen LogP contribution in [0.25, 0.3) is 11.0 Å². The van der Waals surface area contributed by atoms with E-state index in [0.29, 0.717) is 47.8 Å². The van der Waals surface area contributed by atoms with Crippen molar-refractivity contribution in [2.75, 3.05) is 40.4 Å². The van der Waals surface area contributed by atoms with Crippen LogP contribution >= 0.6 is 0 Å². The first-order chi connectivity index (χ1) is 17.3. The number of benzene rings is 2. The first-order valence-electron chi connectivity index (χ1n) is 12.7. The lowest BCUT2D eigenvalue weighted by Crippen LogP contribution is -2.32. The molecule has 0 N–H and O–H groups in total. The van der Waals surface area contributed by atoms with Gasteiger partial charge in [-0.15, -0.1) is 0 Å². The van der Waals surface area contributed by atoms with Crippen molar-refractivity contribution in [3.63, 3.8) is 0 Å². The van der Waals surface area contributed by atoms with Gasteiger partial charge in [-0.05, 0) is 95.2 Å². The largest absolute Gasteiger partial charge is 0.490 e. The minimum atomic E-state index is -0.559. The average Bonchev–Trinajstić information content (AvgIpc) is 3.11. The number of amides is 1. The number of carbonyl (C=O) groups is 1. The highest BCUT2D eigenvalue weighted by molar-refractivity contribution is 5.99. The van der Waals surface area contributed by atoms with Crippen LogP contribution in [-0.2, 0) is 0 Å². The summed E-state index contributed by atoms with van der Waals surface area (Å²) in [5.74, 6) is 1.14. The maximum atomic E-state index is 13.9. The van der Waals surface area contributed by atoms with Gasteiger partial charge in [0, 0.05) is 6.54 Å². The SMILES string of the molecule is CCCOc1ccc([C@@H]2c3c(oc4cc(C)c(C)cc4c3=O)C(=O)N2CCCN(C)C)cc1OCC. The molecule has 1 aliphatic rings. The van der Waals surface area contributed by atoms with Gasteiger partial charge in [-0.2, -0.15) is 0 Å². The van der Waals surface area contributed by atoms with Crippen LogP contribution in [0.2, 0.25) is 0 Å². The van der Waals surface area contributed by atoms with Crippen LogP contribution in [0.5, 0.6) is 11.5 Å². The Hall–Kier alpha value is -3.32. The van der Waals surface area contributed by atoms with Crippen molar-refractivity contribution in [3.05, 3.63) is 68.6 Å². The number of fused-ring (bicyclic) bond motifs is 2. The number of nitrogens with zero attached hydrogens (tertiary/aromatic N) is 2. The van der Waals surface area contributed by atoms with Gasteiger partial charge < -0.3 is 23.7 Å². The Labute approximate surface area is 212 Å². The molecular formula is C29H36N2O5. The Morgan fingerprint density at radius 2 is 1.75 bits per heavy atom. The first kappa shape index (κ1) is 25.8. The molecule has 0 bridgehead atoms. The van der Waals surface area contributed by atoms with E-state index in [1.54, 1.807) is 4.90 Å². The monoisotopic (exact) mass is 492 g/mol. The van der Waals surface area contributed by atoms with Crippen molar-refractivity contribution < 1.29 is 18.7 Å². The predicted molar refractivity (Wildman–Crippen MR) is 141 cm³/mol. The van der Waals surface area contributed by atoms with Gasteiger partial charge in [0.2, 0.25) is 5.76 Å². The third-order valence-corrected chi connectivity index (χ3v) is 6.63. The number of carbonyl (C=O) groups excluding carboxylic acids is 1. The van der Waals surface area contributed by atoms with E-state index in [9.17, 15) is 9.59 Å². The minimum absolute atomic E-state index is 0.134. The highest BCUT2D eigenvalue weighted by Crippen LogP contribution is 2.41. The van der Waals surface area contributed by atoms with Crippen molar-refractivity contribution in [1.29, 1.82) is 0 Å². The summed E-state index contributed by atoms with van der Waals surface area (Å²) in [6, 6.07) is 8.83. The van der Waals surface area contributed by atoms with Gasteiger partial charge in [-0.3, -0.25) is 9.59 Å². The van der Waals surface area contributed by atoms with Gasteiger partial charge in [0.05, 0.1) is 30.2 Å². The highest BCUT2D eigenvalue weighted by atomic mass is 16.5. The zero-order valence-corrected chi connectivity index (χ0v) is 22.1. The van der Waals surface area contributed by atoms with Crippen LogP contribution in [0.15, 0.2) is 39.5 Å². The fourth-order valence-electron chi connectivity index (χ4n) is 4.70. The van der Waals surface area contributed by atoms with E-state index in [4.69, 9.17) is 13.9 Å². The Morgan fingerprint density at radius 1 is 1.00 bits per heavy atom. The lowest BCUT2D eigenvalue weighted by molar-refractivity contribution is 0.0722. The van der Waals surface area contributed by atoms with Crippen molar-refractivity contribution in [2.24, 2.45) is 0 Å². The Balaban J connectivity index is 1.88. The van der Waals surface area contributed by atoms with Crippen molar-refractivity contribution in [3.8, 4) is 11.5 Å². The van der Waals surface area contributed by atoms with Crippen LogP contribution in [0.3, 0.4) is 0 Å². The summed E-state index contributed by atoms with van der Waals surface area (Å²) in [5.41, 5.74) is 3.50. The summed E-state index contributed by atoms with van der Waals surface area (Å²) in [4.78, 5) is 31.3. The maximum absolute atomic E-state index is 13.9. The van der Waals surface area contributed by atoms with Crippen molar-refractivity contribution in [2.45, 2.75) is 46.6 Å². The minimum Gasteiger partial charge on any atom is -0.490 e. The quantitative estimate of drug-likeness (QED) is 0.392. The van der Waals surface area contributed by atoms with E-state index in [2.05, 4.69) is 4.90 Å². The first-order valence-corrected chi connectivity index (χ1v) is 12.7. The topological polar surface area (TPSA) is 72.2 Å². The molecule has 0 saturated heterocycles. The number of rotatable bonds is 10. The van der Waals surface area contributed by atoms with Gasteiger partial charge in [0.15, 0.2) is 16.9 Å².